The molecular formula is C24H30N4O3S2. The van der Waals surface area contributed by atoms with Gasteiger partial charge in [-0.05, 0) is 49.8 Å². The summed E-state index contributed by atoms with van der Waals surface area (Å²) in [6.07, 6.45) is 5.27. The number of carbonyl (C=O) groups is 1. The summed E-state index contributed by atoms with van der Waals surface area (Å²) in [5, 5.41) is 0. The van der Waals surface area contributed by atoms with Gasteiger partial charge >= 0.3 is 0 Å². The second kappa shape index (κ2) is 10.4. The van der Waals surface area contributed by atoms with E-state index in [4.69, 9.17) is 21.9 Å². The largest absolute Gasteiger partial charge is 0.382 e. The summed E-state index contributed by atoms with van der Waals surface area (Å²) < 4.78 is 7.43. The maximum atomic E-state index is 13.5. The molecule has 0 saturated carbocycles. The maximum absolute atomic E-state index is 13.5. The number of rotatable bonds is 7. The van der Waals surface area contributed by atoms with Crippen molar-refractivity contribution in [2.75, 3.05) is 37.7 Å². The molecule has 176 valence electrons. The second-order valence-electron chi connectivity index (χ2n) is 8.82. The van der Waals surface area contributed by atoms with Crippen LogP contribution in [0.25, 0.3) is 11.7 Å². The summed E-state index contributed by atoms with van der Waals surface area (Å²) in [6, 6.07) is 5.52. The molecule has 4 heterocycles. The van der Waals surface area contributed by atoms with E-state index in [1.165, 1.54) is 16.2 Å². The van der Waals surface area contributed by atoms with Gasteiger partial charge in [-0.2, -0.15) is 0 Å². The topological polar surface area (TPSA) is 67.2 Å². The van der Waals surface area contributed by atoms with Gasteiger partial charge in [-0.25, -0.2) is 4.98 Å². The summed E-state index contributed by atoms with van der Waals surface area (Å²) in [7, 11) is 0. The SMILES string of the molecule is CCOCCCN1C(=O)/C(=C/c2c(N3C[C@H](C)C[C@H](C)C3)nc3ccccn3c2=O)SC1=S. The van der Waals surface area contributed by atoms with Crippen molar-refractivity contribution in [2.45, 2.75) is 33.6 Å². The van der Waals surface area contributed by atoms with Gasteiger partial charge in [-0.3, -0.25) is 18.9 Å². The molecule has 4 rings (SSSR count). The van der Waals surface area contributed by atoms with Gasteiger partial charge in [-0.1, -0.05) is 43.9 Å². The van der Waals surface area contributed by atoms with Gasteiger partial charge in [0.05, 0.1) is 10.5 Å². The van der Waals surface area contributed by atoms with Crippen LogP contribution in [-0.2, 0) is 9.53 Å². The number of nitrogens with zero attached hydrogens (tertiary/aromatic N) is 4. The minimum atomic E-state index is -0.178. The summed E-state index contributed by atoms with van der Waals surface area (Å²) in [5.41, 5.74) is 0.863. The van der Waals surface area contributed by atoms with Crippen molar-refractivity contribution in [3.05, 3.63) is 45.2 Å². The Bertz CT molecular complexity index is 1140. The normalized spacial score (nSPS) is 22.7. The highest BCUT2D eigenvalue weighted by molar-refractivity contribution is 8.26. The fourth-order valence-electron chi connectivity index (χ4n) is 4.59. The van der Waals surface area contributed by atoms with E-state index in [0.717, 1.165) is 19.5 Å². The Morgan fingerprint density at radius 2 is 2.00 bits per heavy atom. The number of hydrogen-bond donors (Lipinski definition) is 0. The summed E-state index contributed by atoms with van der Waals surface area (Å²) in [4.78, 5) is 35.8. The summed E-state index contributed by atoms with van der Waals surface area (Å²) >= 11 is 6.71. The summed E-state index contributed by atoms with van der Waals surface area (Å²) in [5.74, 6) is 1.49. The molecule has 7 nitrogen and oxygen atoms in total. The first-order valence-electron chi connectivity index (χ1n) is 11.5. The molecule has 2 aromatic heterocycles. The average Bonchev–Trinajstić information content (AvgIpc) is 3.05. The van der Waals surface area contributed by atoms with E-state index in [2.05, 4.69) is 18.7 Å². The van der Waals surface area contributed by atoms with Crippen LogP contribution in [-0.4, -0.2) is 57.4 Å². The van der Waals surface area contributed by atoms with Crippen LogP contribution in [0.2, 0.25) is 0 Å². The number of pyridine rings is 1. The van der Waals surface area contributed by atoms with E-state index in [1.54, 1.807) is 17.2 Å². The van der Waals surface area contributed by atoms with Crippen LogP contribution in [0.4, 0.5) is 5.82 Å². The van der Waals surface area contributed by atoms with Gasteiger partial charge < -0.3 is 9.64 Å². The van der Waals surface area contributed by atoms with Crippen molar-refractivity contribution >= 4 is 51.7 Å². The standard InChI is InChI=1S/C24H30N4O3S2/c1-4-31-11-7-10-28-23(30)19(33-24(28)32)13-18-21(26-14-16(2)12-17(3)15-26)25-20-8-5-6-9-27(20)22(18)29/h5-6,8-9,13,16-17H,4,7,10-12,14-15H2,1-3H3/b19-13-/t16-,17+. The van der Waals surface area contributed by atoms with Crippen LogP contribution in [0.5, 0.6) is 0 Å². The molecule has 1 amide bonds. The van der Waals surface area contributed by atoms with Crippen LogP contribution in [0.15, 0.2) is 34.1 Å². The summed E-state index contributed by atoms with van der Waals surface area (Å²) in [6.45, 7) is 9.79. The molecular weight excluding hydrogens is 456 g/mol. The Kier molecular flexibility index (Phi) is 7.51. The third-order valence-electron chi connectivity index (χ3n) is 5.94. The molecule has 2 atom stereocenters. The van der Waals surface area contributed by atoms with E-state index in [1.807, 2.05) is 25.1 Å². The van der Waals surface area contributed by atoms with E-state index in [-0.39, 0.29) is 11.5 Å². The third-order valence-corrected chi connectivity index (χ3v) is 7.32. The first kappa shape index (κ1) is 23.9. The van der Waals surface area contributed by atoms with Crippen LogP contribution >= 0.6 is 24.0 Å². The van der Waals surface area contributed by atoms with Crippen molar-refractivity contribution in [3.63, 3.8) is 0 Å². The van der Waals surface area contributed by atoms with Crippen LogP contribution in [0.3, 0.4) is 0 Å². The van der Waals surface area contributed by atoms with Gasteiger partial charge in [0.15, 0.2) is 0 Å². The Morgan fingerprint density at radius 1 is 1.24 bits per heavy atom. The number of hydrogen-bond acceptors (Lipinski definition) is 7. The highest BCUT2D eigenvalue weighted by Crippen LogP contribution is 2.34. The number of anilines is 1. The molecule has 0 radical (unpaired) electrons. The molecule has 0 aromatic carbocycles. The highest BCUT2D eigenvalue weighted by Gasteiger charge is 2.33. The molecule has 33 heavy (non-hydrogen) atoms. The lowest BCUT2D eigenvalue weighted by Gasteiger charge is -2.36. The molecule has 2 saturated heterocycles. The molecule has 0 spiro atoms. The zero-order valence-electron chi connectivity index (χ0n) is 19.3. The lowest BCUT2D eigenvalue weighted by atomic mass is 9.91. The minimum Gasteiger partial charge on any atom is -0.382 e. The fraction of sp³-hybridized carbons (Fsp3) is 0.500. The molecule has 2 aliphatic rings. The predicted octanol–water partition coefficient (Wildman–Crippen LogP) is 3.80. The highest BCUT2D eigenvalue weighted by atomic mass is 32.2. The van der Waals surface area contributed by atoms with Gasteiger partial charge in [0.2, 0.25) is 0 Å². The maximum Gasteiger partial charge on any atom is 0.267 e. The zero-order chi connectivity index (χ0) is 23.5. The fourth-order valence-corrected chi connectivity index (χ4v) is 5.88. The first-order valence-corrected chi connectivity index (χ1v) is 12.7. The molecule has 9 heteroatoms. The van der Waals surface area contributed by atoms with Crippen LogP contribution < -0.4 is 10.5 Å². The number of ether oxygens (including phenoxy) is 1. The Hall–Kier alpha value is -2.23. The monoisotopic (exact) mass is 486 g/mol. The molecule has 0 N–H and O–H groups in total. The molecule has 0 unspecified atom stereocenters. The van der Waals surface area contributed by atoms with E-state index >= 15 is 0 Å². The molecule has 0 aliphatic carbocycles. The van der Waals surface area contributed by atoms with Crippen molar-refractivity contribution in [3.8, 4) is 0 Å². The van der Waals surface area contributed by atoms with Gasteiger partial charge in [0.25, 0.3) is 11.5 Å². The predicted molar refractivity (Wildman–Crippen MR) is 138 cm³/mol. The van der Waals surface area contributed by atoms with Crippen LogP contribution in [0.1, 0.15) is 39.2 Å². The van der Waals surface area contributed by atoms with Crippen molar-refractivity contribution in [2.24, 2.45) is 11.8 Å². The quantitative estimate of drug-likeness (QED) is 0.335. The lowest BCUT2D eigenvalue weighted by Crippen LogP contribution is -2.40. The number of fused-ring (bicyclic) bond motifs is 1. The Balaban J connectivity index is 1.73. The lowest BCUT2D eigenvalue weighted by molar-refractivity contribution is -0.122. The Labute approximate surface area is 203 Å². The van der Waals surface area contributed by atoms with Gasteiger partial charge in [0.1, 0.15) is 15.8 Å². The minimum absolute atomic E-state index is 0.162. The average molecular weight is 487 g/mol. The molecule has 0 bridgehead atoms. The van der Waals surface area contributed by atoms with Crippen LogP contribution in [0, 0.1) is 11.8 Å². The van der Waals surface area contributed by atoms with E-state index < -0.39 is 0 Å². The number of aromatic nitrogens is 2. The third kappa shape index (κ3) is 5.15. The first-order chi connectivity index (χ1) is 15.9. The van der Waals surface area contributed by atoms with E-state index in [0.29, 0.717) is 64.3 Å². The number of thioether (sulfide) groups is 1. The number of piperidine rings is 1. The number of carbonyl (C=O) groups excluding carboxylic acids is 1. The van der Waals surface area contributed by atoms with Crippen molar-refractivity contribution in [1.82, 2.24) is 14.3 Å². The van der Waals surface area contributed by atoms with E-state index in [9.17, 15) is 9.59 Å². The Morgan fingerprint density at radius 3 is 2.73 bits per heavy atom. The van der Waals surface area contributed by atoms with Crippen molar-refractivity contribution in [1.29, 1.82) is 0 Å². The smallest absolute Gasteiger partial charge is 0.267 e. The van der Waals surface area contributed by atoms with Crippen molar-refractivity contribution < 1.29 is 9.53 Å². The molecule has 2 fully saturated rings. The van der Waals surface area contributed by atoms with Gasteiger partial charge in [-0.15, -0.1) is 0 Å². The molecule has 2 aliphatic heterocycles. The second-order valence-corrected chi connectivity index (χ2v) is 10.5. The zero-order valence-corrected chi connectivity index (χ0v) is 21.0. The number of thiocarbonyl (C=S) groups is 1. The molecule has 2 aromatic rings. The van der Waals surface area contributed by atoms with Gasteiger partial charge in [0, 0.05) is 39.0 Å². The number of amides is 1.